The van der Waals surface area contributed by atoms with Gasteiger partial charge in [0.15, 0.2) is 0 Å². The monoisotopic (exact) mass is 244 g/mol. The summed E-state index contributed by atoms with van der Waals surface area (Å²) in [5, 5.41) is 2.44. The molecule has 0 heterocycles. The normalized spacial score (nSPS) is 9.76. The van der Waals surface area contributed by atoms with Gasteiger partial charge in [-0.25, -0.2) is 0 Å². The summed E-state index contributed by atoms with van der Waals surface area (Å²) in [5.74, 6) is -1.22. The van der Waals surface area contributed by atoms with Crippen molar-refractivity contribution in [1.29, 1.82) is 0 Å². The van der Waals surface area contributed by atoms with Crippen molar-refractivity contribution in [3.05, 3.63) is 12.7 Å². The molecule has 0 saturated carbocycles. The first-order chi connectivity index (χ1) is 8.17. The van der Waals surface area contributed by atoms with Gasteiger partial charge in [-0.05, 0) is 0 Å². The molecule has 0 aromatic rings. The van der Waals surface area contributed by atoms with Crippen LogP contribution in [-0.4, -0.2) is 63.8 Å². The summed E-state index contributed by atoms with van der Waals surface area (Å²) in [7, 11) is 3.08. The molecule has 0 fully saturated rings. The minimum Gasteiger partial charge on any atom is -0.383 e. The lowest BCUT2D eigenvalue weighted by molar-refractivity contribution is -0.146. The molecule has 0 radical (unpaired) electrons. The van der Waals surface area contributed by atoms with Gasteiger partial charge in [0.2, 0.25) is 0 Å². The largest absolute Gasteiger partial charge is 0.383 e. The van der Waals surface area contributed by atoms with Gasteiger partial charge in [-0.15, -0.1) is 6.58 Å². The standard InChI is InChI=1S/C11H20N2O4/c1-4-5-12-10(14)11(15)13(6-8-16-2)7-9-17-3/h4H,1,5-9H2,2-3H3,(H,12,14). The molecule has 0 unspecified atom stereocenters. The lowest BCUT2D eigenvalue weighted by atomic mass is 10.4. The van der Waals surface area contributed by atoms with E-state index in [2.05, 4.69) is 11.9 Å². The van der Waals surface area contributed by atoms with E-state index >= 15 is 0 Å². The molecule has 2 amide bonds. The average Bonchev–Trinajstić information content (AvgIpc) is 2.35. The molecule has 1 N–H and O–H groups in total. The first kappa shape index (κ1) is 15.6. The molecule has 6 heteroatoms. The molecule has 6 nitrogen and oxygen atoms in total. The molecule has 17 heavy (non-hydrogen) atoms. The van der Waals surface area contributed by atoms with Gasteiger partial charge in [-0.3, -0.25) is 9.59 Å². The highest BCUT2D eigenvalue weighted by Crippen LogP contribution is 1.91. The molecule has 0 spiro atoms. The Bertz CT molecular complexity index is 248. The first-order valence-corrected chi connectivity index (χ1v) is 5.33. The number of ether oxygens (including phenoxy) is 2. The highest BCUT2D eigenvalue weighted by atomic mass is 16.5. The van der Waals surface area contributed by atoms with Crippen molar-refractivity contribution in [3.8, 4) is 0 Å². The molecule has 0 rings (SSSR count). The number of hydrogen-bond acceptors (Lipinski definition) is 4. The van der Waals surface area contributed by atoms with E-state index in [0.29, 0.717) is 26.3 Å². The predicted octanol–water partition coefficient (Wildman–Crippen LogP) is -0.590. The predicted molar refractivity (Wildman–Crippen MR) is 63.5 cm³/mol. The summed E-state index contributed by atoms with van der Waals surface area (Å²) < 4.78 is 9.76. The van der Waals surface area contributed by atoms with Gasteiger partial charge < -0.3 is 19.7 Å². The molecule has 0 bridgehead atoms. The number of methoxy groups -OCH3 is 2. The molecule has 0 aliphatic heterocycles. The van der Waals surface area contributed by atoms with Crippen LogP contribution in [0.5, 0.6) is 0 Å². The number of hydrogen-bond donors (Lipinski definition) is 1. The van der Waals surface area contributed by atoms with E-state index in [4.69, 9.17) is 9.47 Å². The summed E-state index contributed by atoms with van der Waals surface area (Å²) in [6.45, 7) is 5.21. The first-order valence-electron chi connectivity index (χ1n) is 5.33. The van der Waals surface area contributed by atoms with Crippen LogP contribution < -0.4 is 5.32 Å². The number of rotatable bonds is 8. The van der Waals surface area contributed by atoms with E-state index in [1.807, 2.05) is 0 Å². The summed E-state index contributed by atoms with van der Waals surface area (Å²) in [4.78, 5) is 24.6. The maximum atomic E-state index is 11.7. The minimum absolute atomic E-state index is 0.271. The minimum atomic E-state index is -0.642. The van der Waals surface area contributed by atoms with Crippen LogP contribution in [-0.2, 0) is 19.1 Å². The van der Waals surface area contributed by atoms with E-state index < -0.39 is 11.8 Å². The Morgan fingerprint density at radius 3 is 2.18 bits per heavy atom. The van der Waals surface area contributed by atoms with Crippen LogP contribution in [0.25, 0.3) is 0 Å². The quantitative estimate of drug-likeness (QED) is 0.458. The number of carbonyl (C=O) groups is 2. The third kappa shape index (κ3) is 6.70. The Morgan fingerprint density at radius 1 is 1.24 bits per heavy atom. The lowest BCUT2D eigenvalue weighted by Crippen LogP contribution is -2.45. The van der Waals surface area contributed by atoms with E-state index in [-0.39, 0.29) is 6.54 Å². The molecule has 0 aromatic carbocycles. The molecule has 98 valence electrons. The van der Waals surface area contributed by atoms with E-state index in [9.17, 15) is 9.59 Å². The van der Waals surface area contributed by atoms with E-state index in [1.165, 1.54) is 25.2 Å². The van der Waals surface area contributed by atoms with Gasteiger partial charge in [-0.2, -0.15) is 0 Å². The molecule has 0 aliphatic carbocycles. The Kier molecular flexibility index (Phi) is 8.99. The molecule has 0 atom stereocenters. The van der Waals surface area contributed by atoms with Crippen LogP contribution in [0.2, 0.25) is 0 Å². The van der Waals surface area contributed by atoms with Crippen molar-refractivity contribution in [3.63, 3.8) is 0 Å². The second kappa shape index (κ2) is 9.80. The van der Waals surface area contributed by atoms with Crippen LogP contribution in [0, 0.1) is 0 Å². The van der Waals surface area contributed by atoms with Crippen molar-refractivity contribution in [1.82, 2.24) is 10.2 Å². The van der Waals surface area contributed by atoms with Crippen molar-refractivity contribution in [2.24, 2.45) is 0 Å². The smallest absolute Gasteiger partial charge is 0.312 e. The highest BCUT2D eigenvalue weighted by molar-refractivity contribution is 6.35. The summed E-state index contributed by atoms with van der Waals surface area (Å²) in [6.07, 6.45) is 1.51. The molecular weight excluding hydrogens is 224 g/mol. The van der Waals surface area contributed by atoms with E-state index in [1.54, 1.807) is 0 Å². The van der Waals surface area contributed by atoms with Crippen LogP contribution in [0.1, 0.15) is 0 Å². The highest BCUT2D eigenvalue weighted by Gasteiger charge is 2.20. The molecule has 0 saturated heterocycles. The zero-order valence-electron chi connectivity index (χ0n) is 10.4. The number of nitrogens with zero attached hydrogens (tertiary/aromatic N) is 1. The molecule has 0 aromatic heterocycles. The Balaban J connectivity index is 4.27. The third-order valence-corrected chi connectivity index (χ3v) is 2.02. The van der Waals surface area contributed by atoms with Crippen LogP contribution in [0.15, 0.2) is 12.7 Å². The lowest BCUT2D eigenvalue weighted by Gasteiger charge is -2.21. The van der Waals surface area contributed by atoms with E-state index in [0.717, 1.165) is 0 Å². The summed E-state index contributed by atoms with van der Waals surface area (Å²) >= 11 is 0. The third-order valence-electron chi connectivity index (χ3n) is 2.02. The Hall–Kier alpha value is -1.40. The topological polar surface area (TPSA) is 67.9 Å². The van der Waals surface area contributed by atoms with Gasteiger partial charge in [0.05, 0.1) is 13.2 Å². The van der Waals surface area contributed by atoms with Crippen LogP contribution in [0.3, 0.4) is 0 Å². The maximum absolute atomic E-state index is 11.7. The molecular formula is C11H20N2O4. The number of carbonyl (C=O) groups excluding carboxylic acids is 2. The van der Waals surface area contributed by atoms with Gasteiger partial charge in [0.1, 0.15) is 0 Å². The number of amides is 2. The van der Waals surface area contributed by atoms with Crippen molar-refractivity contribution in [2.45, 2.75) is 0 Å². The zero-order valence-corrected chi connectivity index (χ0v) is 10.4. The Morgan fingerprint density at radius 2 is 1.76 bits per heavy atom. The maximum Gasteiger partial charge on any atom is 0.312 e. The van der Waals surface area contributed by atoms with Gasteiger partial charge >= 0.3 is 11.8 Å². The van der Waals surface area contributed by atoms with Crippen LogP contribution >= 0.6 is 0 Å². The second-order valence-electron chi connectivity index (χ2n) is 3.28. The second-order valence-corrected chi connectivity index (χ2v) is 3.28. The fourth-order valence-electron chi connectivity index (χ4n) is 1.10. The summed E-state index contributed by atoms with van der Waals surface area (Å²) in [5.41, 5.74) is 0. The van der Waals surface area contributed by atoms with Crippen LogP contribution in [0.4, 0.5) is 0 Å². The zero-order chi connectivity index (χ0) is 13.1. The Labute approximate surface area is 102 Å². The fraction of sp³-hybridized carbons (Fsp3) is 0.636. The average molecular weight is 244 g/mol. The van der Waals surface area contributed by atoms with Crippen molar-refractivity contribution in [2.75, 3.05) is 47.1 Å². The van der Waals surface area contributed by atoms with Crippen molar-refractivity contribution < 1.29 is 19.1 Å². The fourth-order valence-corrected chi connectivity index (χ4v) is 1.10. The van der Waals surface area contributed by atoms with Crippen molar-refractivity contribution >= 4 is 11.8 Å². The molecule has 0 aliphatic rings. The SMILES string of the molecule is C=CCNC(=O)C(=O)N(CCOC)CCOC. The van der Waals surface area contributed by atoms with Gasteiger partial charge in [0, 0.05) is 33.9 Å². The van der Waals surface area contributed by atoms with Gasteiger partial charge in [-0.1, -0.05) is 6.08 Å². The number of nitrogens with one attached hydrogen (secondary N) is 1. The van der Waals surface area contributed by atoms with Gasteiger partial charge in [0.25, 0.3) is 0 Å². The summed E-state index contributed by atoms with van der Waals surface area (Å²) in [6, 6.07) is 0.